The Bertz CT molecular complexity index is 1010. The van der Waals surface area contributed by atoms with Gasteiger partial charge in [-0.15, -0.1) is 0 Å². The van der Waals surface area contributed by atoms with Crippen molar-refractivity contribution in [2.45, 2.75) is 45.4 Å². The molecule has 0 aliphatic carbocycles. The fourth-order valence-electron chi connectivity index (χ4n) is 4.18. The average molecular weight is 397 g/mol. The maximum absolute atomic E-state index is 12.5. The van der Waals surface area contributed by atoms with Gasteiger partial charge in [0.15, 0.2) is 0 Å². The van der Waals surface area contributed by atoms with Crippen LogP contribution in [0.25, 0.3) is 10.9 Å². The van der Waals surface area contributed by atoms with Crippen LogP contribution in [0.4, 0.5) is 0 Å². The van der Waals surface area contributed by atoms with Crippen LogP contribution in [0, 0.1) is 6.92 Å². The highest BCUT2D eigenvalue weighted by molar-refractivity contribution is 6.31. The van der Waals surface area contributed by atoms with E-state index < -0.39 is 0 Å². The van der Waals surface area contributed by atoms with Crippen molar-refractivity contribution in [1.82, 2.24) is 20.7 Å². The zero-order valence-corrected chi connectivity index (χ0v) is 16.9. The maximum Gasteiger partial charge on any atom is 0.225 e. The molecule has 28 heavy (non-hydrogen) atoms. The molecule has 1 aliphatic rings. The molecule has 146 valence electrons. The Hall–Kier alpha value is -2.34. The number of nitrogens with zero attached hydrogens (tertiary/aromatic N) is 1. The minimum absolute atomic E-state index is 0.0409. The summed E-state index contributed by atoms with van der Waals surface area (Å²) in [5.74, 6) is -0.0409. The average Bonchev–Trinajstić information content (AvgIpc) is 3.25. The Morgan fingerprint density at radius 2 is 1.93 bits per heavy atom. The number of carbonyl (C=O) groups is 1. The Balaban J connectivity index is 1.47. The van der Waals surface area contributed by atoms with Crippen LogP contribution in [0.2, 0.25) is 5.02 Å². The summed E-state index contributed by atoms with van der Waals surface area (Å²) in [4.78, 5) is 12.5. The molecule has 2 heterocycles. The molecule has 1 amide bonds. The van der Waals surface area contributed by atoms with Crippen molar-refractivity contribution in [2.75, 3.05) is 0 Å². The molecule has 2 aromatic carbocycles. The van der Waals surface area contributed by atoms with Crippen molar-refractivity contribution < 1.29 is 4.79 Å². The van der Waals surface area contributed by atoms with Gasteiger partial charge in [-0.2, -0.15) is 0 Å². The number of halogens is 1. The third-order valence-electron chi connectivity index (χ3n) is 5.47. The number of carbonyl (C=O) groups excluding carboxylic acids is 1. The van der Waals surface area contributed by atoms with Crippen molar-refractivity contribution in [3.05, 3.63) is 70.4 Å². The van der Waals surface area contributed by atoms with Gasteiger partial charge in [-0.1, -0.05) is 48.0 Å². The minimum Gasteiger partial charge on any atom is -0.343 e. The number of aromatic nitrogens is 1. The summed E-state index contributed by atoms with van der Waals surface area (Å²) < 4.78 is 2.36. The predicted octanol–water partition coefficient (Wildman–Crippen LogP) is 3.85. The first-order valence-electron chi connectivity index (χ1n) is 9.70. The highest BCUT2D eigenvalue weighted by atomic mass is 35.5. The molecule has 3 N–H and O–H groups in total. The van der Waals surface area contributed by atoms with Gasteiger partial charge in [-0.3, -0.25) is 4.79 Å². The highest BCUT2D eigenvalue weighted by Crippen LogP contribution is 2.32. The van der Waals surface area contributed by atoms with E-state index in [0.29, 0.717) is 5.02 Å². The molecule has 0 spiro atoms. The van der Waals surface area contributed by atoms with Crippen LogP contribution >= 0.6 is 11.6 Å². The van der Waals surface area contributed by atoms with Crippen LogP contribution in [-0.4, -0.2) is 16.6 Å². The van der Waals surface area contributed by atoms with Gasteiger partial charge in [0.2, 0.25) is 5.91 Å². The number of benzene rings is 2. The normalized spacial score (nSPS) is 19.2. The number of fused-ring (bicyclic) bond motifs is 1. The van der Waals surface area contributed by atoms with E-state index in [9.17, 15) is 4.79 Å². The molecule has 0 radical (unpaired) electrons. The van der Waals surface area contributed by atoms with E-state index in [0.717, 1.165) is 18.5 Å². The van der Waals surface area contributed by atoms with Crippen LogP contribution in [0.3, 0.4) is 0 Å². The lowest BCUT2D eigenvalue weighted by Crippen LogP contribution is -2.44. The lowest BCUT2D eigenvalue weighted by atomic mass is 10.1. The number of aryl methyl sites for hydroxylation is 2. The van der Waals surface area contributed by atoms with Crippen molar-refractivity contribution in [3.63, 3.8) is 0 Å². The molecule has 6 heteroatoms. The van der Waals surface area contributed by atoms with Crippen LogP contribution in [-0.2, 0) is 17.8 Å². The summed E-state index contributed by atoms with van der Waals surface area (Å²) in [6.45, 7) is 5.25. The van der Waals surface area contributed by atoms with Crippen LogP contribution < -0.4 is 16.2 Å². The topological polar surface area (TPSA) is 58.1 Å². The van der Waals surface area contributed by atoms with E-state index in [-0.39, 0.29) is 24.5 Å². The van der Waals surface area contributed by atoms with Crippen LogP contribution in [0.15, 0.2) is 48.5 Å². The molecule has 1 fully saturated rings. The predicted molar refractivity (Wildman–Crippen MR) is 113 cm³/mol. The first-order chi connectivity index (χ1) is 13.6. The second-order valence-electron chi connectivity index (χ2n) is 7.24. The van der Waals surface area contributed by atoms with Crippen LogP contribution in [0.5, 0.6) is 0 Å². The molecule has 4 rings (SSSR count). The van der Waals surface area contributed by atoms with Crippen molar-refractivity contribution in [2.24, 2.45) is 0 Å². The molecule has 1 aliphatic heterocycles. The lowest BCUT2D eigenvalue weighted by molar-refractivity contribution is -0.121. The number of para-hydroxylation sites is 1. The molecule has 0 bridgehead atoms. The third-order valence-corrected chi connectivity index (χ3v) is 5.84. The summed E-state index contributed by atoms with van der Waals surface area (Å²) in [6.07, 6.45) is 0.935. The van der Waals surface area contributed by atoms with Crippen LogP contribution in [0.1, 0.15) is 36.2 Å². The fraction of sp³-hybridized carbons (Fsp3) is 0.318. The number of amides is 1. The molecule has 2 unspecified atom stereocenters. The van der Waals surface area contributed by atoms with E-state index in [1.807, 2.05) is 24.3 Å². The highest BCUT2D eigenvalue weighted by Gasteiger charge is 2.30. The van der Waals surface area contributed by atoms with Crippen molar-refractivity contribution in [3.8, 4) is 0 Å². The number of hydrazine groups is 1. The van der Waals surface area contributed by atoms with E-state index in [1.54, 1.807) is 0 Å². The number of rotatable bonds is 5. The Morgan fingerprint density at radius 3 is 2.71 bits per heavy atom. The van der Waals surface area contributed by atoms with Crippen molar-refractivity contribution in [1.29, 1.82) is 0 Å². The standard InChI is InChI=1S/C22H25ClN4O/c1-3-27-19-11-7-5-9-16(19)14(2)22(27)18-13-20(26-25-18)24-21(28)12-15-8-4-6-10-17(15)23/h4-11,18,20,25-26H,3,12-13H2,1-2H3,(H,24,28). The first kappa shape index (κ1) is 19.0. The van der Waals surface area contributed by atoms with Gasteiger partial charge >= 0.3 is 0 Å². The molecule has 3 aromatic rings. The van der Waals surface area contributed by atoms with Gasteiger partial charge in [0.1, 0.15) is 0 Å². The van der Waals surface area contributed by atoms with Crippen molar-refractivity contribution >= 4 is 28.4 Å². The second-order valence-corrected chi connectivity index (χ2v) is 7.64. The minimum atomic E-state index is -0.122. The monoisotopic (exact) mass is 396 g/mol. The SMILES string of the molecule is CCn1c(C2CC(NC(=O)Cc3ccccc3Cl)NN2)c(C)c2ccccc21. The fourth-order valence-corrected chi connectivity index (χ4v) is 4.38. The molecule has 0 saturated carbocycles. The summed E-state index contributed by atoms with van der Waals surface area (Å²) in [6, 6.07) is 16.1. The van der Waals surface area contributed by atoms with Gasteiger partial charge in [0.05, 0.1) is 18.6 Å². The third kappa shape index (κ3) is 3.53. The van der Waals surface area contributed by atoms with E-state index >= 15 is 0 Å². The summed E-state index contributed by atoms with van der Waals surface area (Å²) >= 11 is 6.17. The molecule has 2 atom stereocenters. The van der Waals surface area contributed by atoms with E-state index in [2.05, 4.69) is 58.8 Å². The van der Waals surface area contributed by atoms with Gasteiger partial charge in [-0.05, 0) is 37.1 Å². The molecule has 1 saturated heterocycles. The van der Waals surface area contributed by atoms with Gasteiger partial charge in [0.25, 0.3) is 0 Å². The molecular weight excluding hydrogens is 372 g/mol. The molecule has 1 aromatic heterocycles. The number of hydrogen-bond acceptors (Lipinski definition) is 3. The van der Waals surface area contributed by atoms with E-state index in [4.69, 9.17) is 11.6 Å². The zero-order chi connectivity index (χ0) is 19.7. The summed E-state index contributed by atoms with van der Waals surface area (Å²) in [5, 5.41) is 4.97. The quantitative estimate of drug-likeness (QED) is 0.614. The Labute approximate surface area is 170 Å². The van der Waals surface area contributed by atoms with Gasteiger partial charge < -0.3 is 9.88 Å². The van der Waals surface area contributed by atoms with E-state index in [1.165, 1.54) is 22.2 Å². The second kappa shape index (κ2) is 7.95. The summed E-state index contributed by atoms with van der Waals surface area (Å²) in [5.41, 5.74) is 11.3. The largest absolute Gasteiger partial charge is 0.343 e. The summed E-state index contributed by atoms with van der Waals surface area (Å²) in [7, 11) is 0. The number of hydrogen-bond donors (Lipinski definition) is 3. The van der Waals surface area contributed by atoms with Gasteiger partial charge in [0, 0.05) is 34.6 Å². The molecule has 5 nitrogen and oxygen atoms in total. The number of nitrogens with one attached hydrogen (secondary N) is 3. The zero-order valence-electron chi connectivity index (χ0n) is 16.1. The molecular formula is C22H25ClN4O. The maximum atomic E-state index is 12.5. The smallest absolute Gasteiger partial charge is 0.225 e. The lowest BCUT2D eigenvalue weighted by Gasteiger charge is -2.15. The Morgan fingerprint density at radius 1 is 1.18 bits per heavy atom. The first-order valence-corrected chi connectivity index (χ1v) is 10.1. The van der Waals surface area contributed by atoms with Gasteiger partial charge in [-0.25, -0.2) is 10.9 Å². The Kier molecular flexibility index (Phi) is 5.40.